The molecule has 0 saturated carbocycles. The van der Waals surface area contributed by atoms with Gasteiger partial charge in [-0.3, -0.25) is 9.69 Å². The molecule has 0 aliphatic carbocycles. The Bertz CT molecular complexity index is 1050. The molecule has 0 spiro atoms. The van der Waals surface area contributed by atoms with E-state index in [9.17, 15) is 9.18 Å². The Morgan fingerprint density at radius 3 is 2.70 bits per heavy atom. The second-order valence-electron chi connectivity index (χ2n) is 8.34. The Labute approximate surface area is 192 Å². The molecule has 174 valence electrons. The van der Waals surface area contributed by atoms with Crippen LogP contribution in [0.15, 0.2) is 53.1 Å². The molecule has 1 aliphatic heterocycles. The first kappa shape index (κ1) is 22.9. The minimum absolute atomic E-state index is 0.0343. The van der Waals surface area contributed by atoms with Crippen molar-refractivity contribution in [3.05, 3.63) is 65.8 Å². The number of halogens is 1. The van der Waals surface area contributed by atoms with Gasteiger partial charge in [-0.1, -0.05) is 24.2 Å². The monoisotopic (exact) mass is 452 g/mol. The minimum atomic E-state index is -0.308. The summed E-state index contributed by atoms with van der Waals surface area (Å²) in [4.78, 5) is 19.6. The van der Waals surface area contributed by atoms with E-state index in [1.54, 1.807) is 19.2 Å². The predicted molar refractivity (Wildman–Crippen MR) is 122 cm³/mol. The van der Waals surface area contributed by atoms with Gasteiger partial charge in [0.05, 0.1) is 25.6 Å². The molecule has 1 saturated heterocycles. The highest BCUT2D eigenvalue weighted by molar-refractivity contribution is 5.79. The summed E-state index contributed by atoms with van der Waals surface area (Å²) in [6, 6.07) is 13.8. The van der Waals surface area contributed by atoms with Gasteiger partial charge in [-0.2, -0.15) is 4.98 Å². The number of piperidine rings is 1. The van der Waals surface area contributed by atoms with Crippen LogP contribution < -0.4 is 10.1 Å². The average Bonchev–Trinajstić information content (AvgIpc) is 3.31. The van der Waals surface area contributed by atoms with E-state index < -0.39 is 0 Å². The number of amides is 1. The SMILES string of the molecule is CCC(NC(=O)C1CCCN(Cc2nc(-c3ccc(F)cc3)no2)C1)c1ccc(OC)cc1. The number of nitrogens with zero attached hydrogens (tertiary/aromatic N) is 3. The maximum atomic E-state index is 13.1. The number of carbonyl (C=O) groups excluding carboxylic acids is 1. The zero-order valence-corrected chi connectivity index (χ0v) is 19.0. The van der Waals surface area contributed by atoms with Crippen molar-refractivity contribution in [2.24, 2.45) is 5.92 Å². The number of likely N-dealkylation sites (tertiary alicyclic amines) is 1. The van der Waals surface area contributed by atoms with E-state index in [-0.39, 0.29) is 23.7 Å². The van der Waals surface area contributed by atoms with Crippen molar-refractivity contribution in [2.75, 3.05) is 20.2 Å². The summed E-state index contributed by atoms with van der Waals surface area (Å²) in [5.41, 5.74) is 1.77. The molecule has 0 bridgehead atoms. The van der Waals surface area contributed by atoms with Crippen LogP contribution in [0, 0.1) is 11.7 Å². The Hall–Kier alpha value is -3.26. The highest BCUT2D eigenvalue weighted by Gasteiger charge is 2.28. The summed E-state index contributed by atoms with van der Waals surface area (Å²) in [5.74, 6) is 1.39. The average molecular weight is 453 g/mol. The van der Waals surface area contributed by atoms with Crippen LogP contribution in [0.25, 0.3) is 11.4 Å². The van der Waals surface area contributed by atoms with Crippen LogP contribution in [0.1, 0.15) is 43.7 Å². The molecule has 1 amide bonds. The van der Waals surface area contributed by atoms with Crippen molar-refractivity contribution >= 4 is 5.91 Å². The number of benzene rings is 2. The number of carbonyl (C=O) groups is 1. The van der Waals surface area contributed by atoms with Gasteiger partial charge in [0.1, 0.15) is 11.6 Å². The number of aromatic nitrogens is 2. The molecule has 33 heavy (non-hydrogen) atoms. The lowest BCUT2D eigenvalue weighted by molar-refractivity contribution is -0.127. The van der Waals surface area contributed by atoms with E-state index >= 15 is 0 Å². The summed E-state index contributed by atoms with van der Waals surface area (Å²) >= 11 is 0. The van der Waals surface area contributed by atoms with Gasteiger partial charge in [0, 0.05) is 12.1 Å². The molecule has 8 heteroatoms. The van der Waals surface area contributed by atoms with E-state index in [0.717, 1.165) is 37.1 Å². The van der Waals surface area contributed by atoms with Crippen molar-refractivity contribution in [2.45, 2.75) is 38.8 Å². The van der Waals surface area contributed by atoms with Crippen LogP contribution in [0.2, 0.25) is 0 Å². The van der Waals surface area contributed by atoms with Gasteiger partial charge in [-0.15, -0.1) is 0 Å². The summed E-state index contributed by atoms with van der Waals surface area (Å²) in [5, 5.41) is 7.22. The summed E-state index contributed by atoms with van der Waals surface area (Å²) < 4.78 is 23.8. The number of nitrogens with one attached hydrogen (secondary N) is 1. The van der Waals surface area contributed by atoms with Crippen LogP contribution in [-0.2, 0) is 11.3 Å². The Balaban J connectivity index is 1.34. The smallest absolute Gasteiger partial charge is 0.241 e. The molecule has 1 N–H and O–H groups in total. The Morgan fingerprint density at radius 2 is 2.00 bits per heavy atom. The number of methoxy groups -OCH3 is 1. The van der Waals surface area contributed by atoms with Crippen molar-refractivity contribution in [1.29, 1.82) is 0 Å². The van der Waals surface area contributed by atoms with Crippen LogP contribution in [0.5, 0.6) is 5.75 Å². The van der Waals surface area contributed by atoms with E-state index in [2.05, 4.69) is 27.3 Å². The van der Waals surface area contributed by atoms with Crippen molar-refractivity contribution in [1.82, 2.24) is 20.4 Å². The maximum absolute atomic E-state index is 13.1. The first-order valence-corrected chi connectivity index (χ1v) is 11.3. The Kier molecular flexibility index (Phi) is 7.34. The lowest BCUT2D eigenvalue weighted by Crippen LogP contribution is -2.43. The first-order valence-electron chi connectivity index (χ1n) is 11.3. The number of ether oxygens (including phenoxy) is 1. The topological polar surface area (TPSA) is 80.5 Å². The number of hydrogen-bond donors (Lipinski definition) is 1. The molecule has 1 fully saturated rings. The molecule has 4 rings (SSSR count). The molecule has 3 aromatic rings. The zero-order chi connectivity index (χ0) is 23.2. The van der Waals surface area contributed by atoms with E-state index in [1.165, 1.54) is 12.1 Å². The van der Waals surface area contributed by atoms with Gasteiger partial charge in [-0.05, 0) is 67.8 Å². The molecule has 0 radical (unpaired) electrons. The molecule has 2 aromatic carbocycles. The van der Waals surface area contributed by atoms with Gasteiger partial charge >= 0.3 is 0 Å². The summed E-state index contributed by atoms with van der Waals surface area (Å²) in [6.45, 7) is 4.05. The summed E-state index contributed by atoms with van der Waals surface area (Å²) in [7, 11) is 1.64. The van der Waals surface area contributed by atoms with Crippen LogP contribution >= 0.6 is 0 Å². The minimum Gasteiger partial charge on any atom is -0.497 e. The molecule has 2 atom stereocenters. The highest BCUT2D eigenvalue weighted by Crippen LogP contribution is 2.24. The van der Waals surface area contributed by atoms with Gasteiger partial charge in [0.15, 0.2) is 0 Å². The number of hydrogen-bond acceptors (Lipinski definition) is 6. The lowest BCUT2D eigenvalue weighted by Gasteiger charge is -2.32. The molecule has 1 aromatic heterocycles. The van der Waals surface area contributed by atoms with Crippen molar-refractivity contribution in [3.63, 3.8) is 0 Å². The van der Waals surface area contributed by atoms with Crippen molar-refractivity contribution < 1.29 is 18.4 Å². The molecular formula is C25H29FN4O3. The van der Waals surface area contributed by atoms with E-state index in [0.29, 0.717) is 30.4 Å². The summed E-state index contributed by atoms with van der Waals surface area (Å²) in [6.07, 6.45) is 2.59. The molecule has 2 unspecified atom stereocenters. The normalized spacial score (nSPS) is 17.5. The fraction of sp³-hybridized carbons (Fsp3) is 0.400. The highest BCUT2D eigenvalue weighted by atomic mass is 19.1. The van der Waals surface area contributed by atoms with Gasteiger partial charge in [0.25, 0.3) is 0 Å². The third-order valence-electron chi connectivity index (χ3n) is 6.05. The standard InChI is InChI=1S/C25H29FN4O3/c1-3-22(17-8-12-21(32-2)13-9-17)27-25(31)19-5-4-14-30(15-19)16-23-28-24(29-33-23)18-6-10-20(26)11-7-18/h6-13,19,22H,3-5,14-16H2,1-2H3,(H,27,31). The third kappa shape index (κ3) is 5.76. The molecule has 7 nitrogen and oxygen atoms in total. The van der Waals surface area contributed by atoms with Gasteiger partial charge < -0.3 is 14.6 Å². The number of rotatable bonds is 8. The van der Waals surface area contributed by atoms with Gasteiger partial charge in [-0.25, -0.2) is 4.39 Å². The van der Waals surface area contributed by atoms with Crippen LogP contribution in [0.4, 0.5) is 4.39 Å². The zero-order valence-electron chi connectivity index (χ0n) is 19.0. The second-order valence-corrected chi connectivity index (χ2v) is 8.34. The predicted octanol–water partition coefficient (Wildman–Crippen LogP) is 4.36. The van der Waals surface area contributed by atoms with Crippen LogP contribution in [0.3, 0.4) is 0 Å². The van der Waals surface area contributed by atoms with Crippen LogP contribution in [-0.4, -0.2) is 41.1 Å². The second kappa shape index (κ2) is 10.6. The lowest BCUT2D eigenvalue weighted by atomic mass is 9.95. The molecule has 2 heterocycles. The van der Waals surface area contributed by atoms with E-state index in [1.807, 2.05) is 24.3 Å². The largest absolute Gasteiger partial charge is 0.497 e. The first-order chi connectivity index (χ1) is 16.1. The fourth-order valence-electron chi connectivity index (χ4n) is 4.19. The molecular weight excluding hydrogens is 423 g/mol. The van der Waals surface area contributed by atoms with E-state index in [4.69, 9.17) is 9.26 Å². The fourth-order valence-corrected chi connectivity index (χ4v) is 4.19. The maximum Gasteiger partial charge on any atom is 0.241 e. The van der Waals surface area contributed by atoms with Gasteiger partial charge in [0.2, 0.25) is 17.6 Å². The van der Waals surface area contributed by atoms with Crippen molar-refractivity contribution in [3.8, 4) is 17.1 Å². The molecule has 1 aliphatic rings. The Morgan fingerprint density at radius 1 is 1.24 bits per heavy atom. The quantitative estimate of drug-likeness (QED) is 0.547. The third-order valence-corrected chi connectivity index (χ3v) is 6.05.